The number of ether oxygens (including phenoxy) is 7. The second-order valence-electron chi connectivity index (χ2n) is 11.6. The fourth-order valence-electron chi connectivity index (χ4n) is 5.73. The quantitative estimate of drug-likeness (QED) is 0.0885. The molecule has 290 valence electrons. The van der Waals surface area contributed by atoms with Crippen LogP contribution in [-0.2, 0) is 0 Å². The Kier molecular flexibility index (Phi) is 12.8. The summed E-state index contributed by atoms with van der Waals surface area (Å²) in [6, 6.07) is 23.8. The number of methoxy groups -OCH3 is 7. The summed E-state index contributed by atoms with van der Waals surface area (Å²) in [5.41, 5.74) is 1.37. The van der Waals surface area contributed by atoms with Gasteiger partial charge >= 0.3 is 0 Å². The highest BCUT2D eigenvalue weighted by Gasteiger charge is 2.25. The van der Waals surface area contributed by atoms with Crippen LogP contribution in [-0.4, -0.2) is 73.4 Å². The largest absolute Gasteiger partial charge is 0.496 e. The van der Waals surface area contributed by atoms with E-state index in [0.717, 1.165) is 0 Å². The average Bonchev–Trinajstić information content (AvgIpc) is 3.23. The maximum absolute atomic E-state index is 13.9. The highest BCUT2D eigenvalue weighted by atomic mass is 16.5. The Morgan fingerprint density at radius 3 is 0.929 bits per heavy atom. The SMILES string of the molecule is COc1cc(OC)c(NC(=O)c2cccc(C(=O)Nc3cc(NC(=O)c4ccccc4OC)c(OC)cc3OC)c2OC)cc1NC(=O)c1ccccc1OC. The van der Waals surface area contributed by atoms with Crippen LogP contribution in [0.5, 0.6) is 40.2 Å². The van der Waals surface area contributed by atoms with Crippen LogP contribution in [0.1, 0.15) is 41.4 Å². The van der Waals surface area contributed by atoms with Crippen molar-refractivity contribution in [3.8, 4) is 40.2 Å². The molecule has 0 unspecified atom stereocenters. The van der Waals surface area contributed by atoms with Gasteiger partial charge in [-0.1, -0.05) is 30.3 Å². The lowest BCUT2D eigenvalue weighted by molar-refractivity contribution is 0.101. The van der Waals surface area contributed by atoms with E-state index in [9.17, 15) is 19.2 Å². The molecule has 15 heteroatoms. The number of benzene rings is 5. The lowest BCUT2D eigenvalue weighted by Gasteiger charge is -2.19. The third kappa shape index (κ3) is 8.52. The molecule has 4 amide bonds. The first-order valence-corrected chi connectivity index (χ1v) is 16.8. The van der Waals surface area contributed by atoms with Gasteiger partial charge in [0.15, 0.2) is 0 Å². The van der Waals surface area contributed by atoms with Gasteiger partial charge in [0.05, 0.1) is 94.8 Å². The van der Waals surface area contributed by atoms with Crippen LogP contribution in [0.3, 0.4) is 0 Å². The maximum Gasteiger partial charge on any atom is 0.259 e. The van der Waals surface area contributed by atoms with Gasteiger partial charge in [-0.15, -0.1) is 0 Å². The van der Waals surface area contributed by atoms with Gasteiger partial charge in [-0.25, -0.2) is 0 Å². The Morgan fingerprint density at radius 2 is 0.625 bits per heavy atom. The standard InChI is InChI=1S/C41H40N4O11/c1-50-31-17-10-8-13-23(31)38(46)42-27-19-29(35(54-5)21-33(27)52-3)44-40(48)25-15-12-16-26(37(25)56-7)41(49)45-30-20-28(34(53-4)22-36(30)55-6)43-39(47)24-14-9-11-18-32(24)51-2/h8-22H,1-7H3,(H,42,46)(H,43,47)(H,44,48)(H,45,49). The van der Waals surface area contributed by atoms with Gasteiger partial charge < -0.3 is 54.4 Å². The van der Waals surface area contributed by atoms with Crippen molar-refractivity contribution in [1.82, 2.24) is 0 Å². The van der Waals surface area contributed by atoms with E-state index in [2.05, 4.69) is 21.3 Å². The van der Waals surface area contributed by atoms with Gasteiger partial charge in [-0.2, -0.15) is 0 Å². The number of hydrogen-bond donors (Lipinski definition) is 4. The summed E-state index contributed by atoms with van der Waals surface area (Å²) < 4.78 is 38.3. The summed E-state index contributed by atoms with van der Waals surface area (Å²) in [6.45, 7) is 0. The zero-order valence-electron chi connectivity index (χ0n) is 31.7. The monoisotopic (exact) mass is 764 g/mol. The highest BCUT2D eigenvalue weighted by molar-refractivity contribution is 6.14. The van der Waals surface area contributed by atoms with E-state index in [1.807, 2.05) is 0 Å². The van der Waals surface area contributed by atoms with E-state index in [0.29, 0.717) is 11.5 Å². The molecule has 5 rings (SSSR count). The zero-order valence-corrected chi connectivity index (χ0v) is 31.7. The Balaban J connectivity index is 1.43. The number of para-hydroxylation sites is 3. The van der Waals surface area contributed by atoms with Crippen LogP contribution < -0.4 is 54.4 Å². The Bertz CT molecular complexity index is 2120. The molecular formula is C41H40N4O11. The summed E-state index contributed by atoms with van der Waals surface area (Å²) in [7, 11) is 9.90. The van der Waals surface area contributed by atoms with Gasteiger partial charge in [0.2, 0.25) is 0 Å². The molecule has 0 aromatic heterocycles. The molecule has 0 aliphatic rings. The van der Waals surface area contributed by atoms with Crippen molar-refractivity contribution in [3.05, 3.63) is 113 Å². The summed E-state index contributed by atoms with van der Waals surface area (Å²) in [5.74, 6) is -0.644. The van der Waals surface area contributed by atoms with Crippen molar-refractivity contribution in [3.63, 3.8) is 0 Å². The highest BCUT2D eigenvalue weighted by Crippen LogP contribution is 2.39. The van der Waals surface area contributed by atoms with Crippen LogP contribution >= 0.6 is 0 Å². The number of rotatable bonds is 15. The number of hydrogen-bond acceptors (Lipinski definition) is 11. The van der Waals surface area contributed by atoms with Gasteiger partial charge in [0.1, 0.15) is 40.2 Å². The second-order valence-corrected chi connectivity index (χ2v) is 11.6. The Hall–Kier alpha value is -7.42. The van der Waals surface area contributed by atoms with Crippen LogP contribution in [0.25, 0.3) is 0 Å². The first kappa shape index (κ1) is 39.8. The Morgan fingerprint density at radius 1 is 0.339 bits per heavy atom. The predicted molar refractivity (Wildman–Crippen MR) is 210 cm³/mol. The van der Waals surface area contributed by atoms with Crippen LogP contribution in [0, 0.1) is 0 Å². The summed E-state index contributed by atoms with van der Waals surface area (Å²) >= 11 is 0. The molecule has 0 fully saturated rings. The lowest BCUT2D eigenvalue weighted by Crippen LogP contribution is -2.19. The molecular weight excluding hydrogens is 724 g/mol. The third-order valence-electron chi connectivity index (χ3n) is 8.45. The van der Waals surface area contributed by atoms with Crippen molar-refractivity contribution < 1.29 is 52.3 Å². The third-order valence-corrected chi connectivity index (χ3v) is 8.45. The fourth-order valence-corrected chi connectivity index (χ4v) is 5.73. The van der Waals surface area contributed by atoms with E-state index in [-0.39, 0.29) is 73.8 Å². The lowest BCUT2D eigenvalue weighted by atomic mass is 10.1. The molecule has 0 heterocycles. The minimum absolute atomic E-state index is 0.00378. The molecule has 0 aliphatic heterocycles. The molecule has 5 aromatic rings. The molecule has 0 aliphatic carbocycles. The van der Waals surface area contributed by atoms with E-state index < -0.39 is 23.6 Å². The van der Waals surface area contributed by atoms with Gasteiger partial charge in [-0.05, 0) is 48.5 Å². The number of anilines is 4. The second kappa shape index (κ2) is 18.1. The summed E-state index contributed by atoms with van der Waals surface area (Å²) in [6.07, 6.45) is 0. The molecule has 0 saturated carbocycles. The Labute approximate surface area is 322 Å². The molecule has 0 spiro atoms. The number of carbonyl (C=O) groups is 4. The molecule has 0 saturated heterocycles. The van der Waals surface area contributed by atoms with Gasteiger partial charge in [-0.3, -0.25) is 19.2 Å². The number of amides is 4. The maximum atomic E-state index is 13.9. The summed E-state index contributed by atoms with van der Waals surface area (Å²) in [5, 5.41) is 11.2. The average molecular weight is 765 g/mol. The number of carbonyl (C=O) groups excluding carboxylic acids is 4. The van der Waals surface area contributed by atoms with Crippen molar-refractivity contribution >= 4 is 46.4 Å². The van der Waals surface area contributed by atoms with Crippen molar-refractivity contribution in [2.45, 2.75) is 0 Å². The van der Waals surface area contributed by atoms with Gasteiger partial charge in [0.25, 0.3) is 23.6 Å². The van der Waals surface area contributed by atoms with Crippen LogP contribution in [0.15, 0.2) is 91.0 Å². The zero-order chi connectivity index (χ0) is 40.4. The normalized spacial score (nSPS) is 10.3. The fraction of sp³-hybridized carbons (Fsp3) is 0.171. The van der Waals surface area contributed by atoms with E-state index in [1.54, 1.807) is 48.5 Å². The van der Waals surface area contributed by atoms with Crippen LogP contribution in [0.2, 0.25) is 0 Å². The van der Waals surface area contributed by atoms with E-state index in [1.165, 1.54) is 92.2 Å². The molecule has 56 heavy (non-hydrogen) atoms. The predicted octanol–water partition coefficient (Wildman–Crippen LogP) is 6.76. The van der Waals surface area contributed by atoms with Crippen LogP contribution in [0.4, 0.5) is 22.7 Å². The minimum atomic E-state index is -0.662. The molecule has 0 atom stereocenters. The van der Waals surface area contributed by atoms with Crippen molar-refractivity contribution in [2.24, 2.45) is 0 Å². The van der Waals surface area contributed by atoms with Crippen molar-refractivity contribution in [1.29, 1.82) is 0 Å². The molecule has 0 radical (unpaired) electrons. The van der Waals surface area contributed by atoms with E-state index >= 15 is 0 Å². The minimum Gasteiger partial charge on any atom is -0.496 e. The first-order valence-electron chi connectivity index (χ1n) is 16.8. The first-order chi connectivity index (χ1) is 27.1. The summed E-state index contributed by atoms with van der Waals surface area (Å²) in [4.78, 5) is 54.2. The van der Waals surface area contributed by atoms with E-state index in [4.69, 9.17) is 33.2 Å². The topological polar surface area (TPSA) is 181 Å². The molecule has 0 bridgehead atoms. The smallest absolute Gasteiger partial charge is 0.259 e. The molecule has 5 aromatic carbocycles. The number of nitrogens with one attached hydrogen (secondary N) is 4. The van der Waals surface area contributed by atoms with Gasteiger partial charge in [0, 0.05) is 12.1 Å². The van der Waals surface area contributed by atoms with Crippen molar-refractivity contribution in [2.75, 3.05) is 71.0 Å². The molecule has 15 nitrogen and oxygen atoms in total. The molecule has 4 N–H and O–H groups in total.